The van der Waals surface area contributed by atoms with Crippen molar-refractivity contribution < 1.29 is 4.79 Å². The van der Waals surface area contributed by atoms with Gasteiger partial charge in [-0.1, -0.05) is 11.6 Å². The predicted molar refractivity (Wildman–Crippen MR) is 83.8 cm³/mol. The molecule has 1 aliphatic heterocycles. The summed E-state index contributed by atoms with van der Waals surface area (Å²) in [5.74, 6) is -0.0413. The van der Waals surface area contributed by atoms with Crippen LogP contribution in [0.1, 0.15) is 16.8 Å². The molecule has 0 radical (unpaired) electrons. The molecule has 0 bridgehead atoms. The Labute approximate surface area is 128 Å². The van der Waals surface area contributed by atoms with Crippen LogP contribution in [-0.2, 0) is 0 Å². The van der Waals surface area contributed by atoms with Gasteiger partial charge in [0.1, 0.15) is 0 Å². The molecule has 108 valence electrons. The van der Waals surface area contributed by atoms with Crippen molar-refractivity contribution in [1.29, 1.82) is 0 Å². The SMILES string of the molecule is O=C(NC1CCN(c2ccc(Cl)cc2)C1)c1ccncc1. The molecule has 5 heteroatoms. The molecule has 4 nitrogen and oxygen atoms in total. The van der Waals surface area contributed by atoms with Crippen LogP contribution in [0.2, 0.25) is 5.02 Å². The predicted octanol–water partition coefficient (Wildman–Crippen LogP) is 2.74. The first-order valence-corrected chi connectivity index (χ1v) is 7.31. The molecule has 0 spiro atoms. The summed E-state index contributed by atoms with van der Waals surface area (Å²) in [5, 5.41) is 3.81. The minimum Gasteiger partial charge on any atom is -0.369 e. The van der Waals surface area contributed by atoms with Crippen LogP contribution in [0.3, 0.4) is 0 Å². The Hall–Kier alpha value is -2.07. The molecule has 21 heavy (non-hydrogen) atoms. The fraction of sp³-hybridized carbons (Fsp3) is 0.250. The van der Waals surface area contributed by atoms with Crippen LogP contribution in [0, 0.1) is 0 Å². The van der Waals surface area contributed by atoms with E-state index >= 15 is 0 Å². The summed E-state index contributed by atoms with van der Waals surface area (Å²) in [6.07, 6.45) is 4.20. The quantitative estimate of drug-likeness (QED) is 0.948. The standard InChI is InChI=1S/C16H16ClN3O/c17-13-1-3-15(4-2-13)20-10-7-14(11-20)19-16(21)12-5-8-18-9-6-12/h1-6,8-9,14H,7,10-11H2,(H,19,21). The van der Waals surface area contributed by atoms with Gasteiger partial charge in [-0.05, 0) is 42.8 Å². The summed E-state index contributed by atoms with van der Waals surface area (Å²) in [5.41, 5.74) is 1.79. The molecule has 1 amide bonds. The highest BCUT2D eigenvalue weighted by Crippen LogP contribution is 2.22. The summed E-state index contributed by atoms with van der Waals surface area (Å²) in [6.45, 7) is 1.75. The van der Waals surface area contributed by atoms with Crippen molar-refractivity contribution in [3.05, 3.63) is 59.4 Å². The number of carbonyl (C=O) groups is 1. The van der Waals surface area contributed by atoms with Gasteiger partial charge < -0.3 is 10.2 Å². The minimum atomic E-state index is -0.0413. The highest BCUT2D eigenvalue weighted by molar-refractivity contribution is 6.30. The van der Waals surface area contributed by atoms with E-state index in [4.69, 9.17) is 11.6 Å². The summed E-state index contributed by atoms with van der Waals surface area (Å²) in [7, 11) is 0. The topological polar surface area (TPSA) is 45.2 Å². The van der Waals surface area contributed by atoms with Crippen LogP contribution in [-0.4, -0.2) is 30.0 Å². The van der Waals surface area contributed by atoms with Crippen LogP contribution >= 0.6 is 11.6 Å². The number of benzene rings is 1. The van der Waals surface area contributed by atoms with Crippen molar-refractivity contribution in [2.45, 2.75) is 12.5 Å². The van der Waals surface area contributed by atoms with E-state index in [2.05, 4.69) is 15.2 Å². The number of rotatable bonds is 3. The van der Waals surface area contributed by atoms with Crippen molar-refractivity contribution in [3.8, 4) is 0 Å². The zero-order chi connectivity index (χ0) is 14.7. The lowest BCUT2D eigenvalue weighted by atomic mass is 10.2. The van der Waals surface area contributed by atoms with Crippen molar-refractivity contribution >= 4 is 23.2 Å². The normalized spacial score (nSPS) is 17.8. The molecule has 1 saturated heterocycles. The van der Waals surface area contributed by atoms with Crippen LogP contribution in [0.15, 0.2) is 48.8 Å². The first-order chi connectivity index (χ1) is 10.2. The van der Waals surface area contributed by atoms with Gasteiger partial charge in [-0.2, -0.15) is 0 Å². The van der Waals surface area contributed by atoms with Crippen LogP contribution in [0.5, 0.6) is 0 Å². The maximum atomic E-state index is 12.1. The third-order valence-electron chi connectivity index (χ3n) is 3.66. The van der Waals surface area contributed by atoms with Crippen molar-refractivity contribution in [2.75, 3.05) is 18.0 Å². The number of hydrogen-bond donors (Lipinski definition) is 1. The monoisotopic (exact) mass is 301 g/mol. The summed E-state index contributed by atoms with van der Waals surface area (Å²) < 4.78 is 0. The Morgan fingerprint density at radius 1 is 1.19 bits per heavy atom. The Bertz CT molecular complexity index is 615. The molecule has 1 aromatic carbocycles. The second-order valence-electron chi connectivity index (χ2n) is 5.12. The fourth-order valence-corrected chi connectivity index (χ4v) is 2.66. The molecule has 1 aliphatic rings. The lowest BCUT2D eigenvalue weighted by Gasteiger charge is -2.19. The van der Waals surface area contributed by atoms with E-state index in [-0.39, 0.29) is 11.9 Å². The second-order valence-corrected chi connectivity index (χ2v) is 5.55. The van der Waals surface area contributed by atoms with E-state index in [1.54, 1.807) is 24.5 Å². The largest absolute Gasteiger partial charge is 0.369 e. The second kappa shape index (κ2) is 6.14. The summed E-state index contributed by atoms with van der Waals surface area (Å²) in [4.78, 5) is 18.3. The Balaban J connectivity index is 1.60. The molecule has 1 unspecified atom stereocenters. The van der Waals surface area contributed by atoms with Crippen molar-refractivity contribution in [1.82, 2.24) is 10.3 Å². The van der Waals surface area contributed by atoms with Gasteiger partial charge in [0.2, 0.25) is 0 Å². The Morgan fingerprint density at radius 2 is 1.90 bits per heavy atom. The number of nitrogens with one attached hydrogen (secondary N) is 1. The molecule has 1 aromatic heterocycles. The third kappa shape index (κ3) is 3.34. The number of hydrogen-bond acceptors (Lipinski definition) is 3. The Kier molecular flexibility index (Phi) is 4.06. The van der Waals surface area contributed by atoms with Crippen molar-refractivity contribution in [2.24, 2.45) is 0 Å². The molecule has 0 saturated carbocycles. The van der Waals surface area contributed by atoms with Gasteiger partial charge in [-0.25, -0.2) is 0 Å². The summed E-state index contributed by atoms with van der Waals surface area (Å²) >= 11 is 5.90. The Morgan fingerprint density at radius 3 is 2.62 bits per heavy atom. The van der Waals surface area contributed by atoms with E-state index in [9.17, 15) is 4.79 Å². The number of carbonyl (C=O) groups excluding carboxylic acids is 1. The van der Waals surface area contributed by atoms with Gasteiger partial charge in [0.25, 0.3) is 5.91 Å². The fourth-order valence-electron chi connectivity index (χ4n) is 2.54. The molecular weight excluding hydrogens is 286 g/mol. The van der Waals surface area contributed by atoms with E-state index in [0.29, 0.717) is 5.56 Å². The third-order valence-corrected chi connectivity index (χ3v) is 3.91. The average molecular weight is 302 g/mol. The summed E-state index contributed by atoms with van der Waals surface area (Å²) in [6, 6.07) is 11.4. The molecule has 2 heterocycles. The zero-order valence-electron chi connectivity index (χ0n) is 11.5. The molecule has 1 N–H and O–H groups in total. The van der Waals surface area contributed by atoms with Crippen LogP contribution in [0.4, 0.5) is 5.69 Å². The van der Waals surface area contributed by atoms with Crippen molar-refractivity contribution in [3.63, 3.8) is 0 Å². The highest BCUT2D eigenvalue weighted by Gasteiger charge is 2.24. The molecule has 3 rings (SSSR count). The van der Waals surface area contributed by atoms with Crippen LogP contribution < -0.4 is 10.2 Å². The van der Waals surface area contributed by atoms with Gasteiger partial charge >= 0.3 is 0 Å². The van der Waals surface area contributed by atoms with Gasteiger partial charge in [-0.3, -0.25) is 9.78 Å². The molecular formula is C16H16ClN3O. The van der Waals surface area contributed by atoms with E-state index in [0.717, 1.165) is 30.2 Å². The number of nitrogens with zero attached hydrogens (tertiary/aromatic N) is 2. The van der Waals surface area contributed by atoms with Gasteiger partial charge in [0.05, 0.1) is 0 Å². The molecule has 1 atom stereocenters. The first kappa shape index (κ1) is 13.9. The lowest BCUT2D eigenvalue weighted by Crippen LogP contribution is -2.37. The van der Waals surface area contributed by atoms with Gasteiger partial charge in [0.15, 0.2) is 0 Å². The van der Waals surface area contributed by atoms with E-state index in [1.165, 1.54) is 0 Å². The van der Waals surface area contributed by atoms with Gasteiger partial charge in [0, 0.05) is 47.8 Å². The van der Waals surface area contributed by atoms with Gasteiger partial charge in [-0.15, -0.1) is 0 Å². The van der Waals surface area contributed by atoms with E-state index < -0.39 is 0 Å². The number of aromatic nitrogens is 1. The molecule has 0 aliphatic carbocycles. The smallest absolute Gasteiger partial charge is 0.251 e. The molecule has 2 aromatic rings. The number of pyridine rings is 1. The highest BCUT2D eigenvalue weighted by atomic mass is 35.5. The minimum absolute atomic E-state index is 0.0413. The first-order valence-electron chi connectivity index (χ1n) is 6.94. The lowest BCUT2D eigenvalue weighted by molar-refractivity contribution is 0.0940. The van der Waals surface area contributed by atoms with E-state index in [1.807, 2.05) is 24.3 Å². The molecule has 1 fully saturated rings. The zero-order valence-corrected chi connectivity index (χ0v) is 12.3. The van der Waals surface area contributed by atoms with Crippen LogP contribution in [0.25, 0.3) is 0 Å². The average Bonchev–Trinajstić information content (AvgIpc) is 2.97. The number of anilines is 1. The number of amides is 1. The maximum absolute atomic E-state index is 12.1. The number of halogens is 1. The maximum Gasteiger partial charge on any atom is 0.251 e.